The monoisotopic (exact) mass is 357 g/mol. The molecule has 5 heteroatoms. The van der Waals surface area contributed by atoms with Gasteiger partial charge in [-0.25, -0.2) is 4.39 Å². The lowest BCUT2D eigenvalue weighted by Crippen LogP contribution is -2.23. The van der Waals surface area contributed by atoms with Crippen molar-refractivity contribution in [2.24, 2.45) is 0 Å². The highest BCUT2D eigenvalue weighted by atomic mass is 79.9. The van der Waals surface area contributed by atoms with Gasteiger partial charge in [0, 0.05) is 11.6 Å². The molecule has 108 valence electrons. The third kappa shape index (κ3) is 3.59. The van der Waals surface area contributed by atoms with Crippen LogP contribution in [-0.4, -0.2) is 13.7 Å². The smallest absolute Gasteiger partial charge is 0.132 e. The van der Waals surface area contributed by atoms with Crippen LogP contribution in [0.1, 0.15) is 30.5 Å². The molecule has 2 aromatic rings. The second-order valence-electron chi connectivity index (χ2n) is 4.46. The molecule has 0 spiro atoms. The van der Waals surface area contributed by atoms with Crippen molar-refractivity contribution in [1.82, 2.24) is 5.32 Å². The van der Waals surface area contributed by atoms with Crippen LogP contribution in [0.5, 0.6) is 5.75 Å². The molecule has 0 aliphatic carbocycles. The van der Waals surface area contributed by atoms with Crippen LogP contribution in [-0.2, 0) is 0 Å². The van der Waals surface area contributed by atoms with Crippen molar-refractivity contribution in [2.45, 2.75) is 19.4 Å². The zero-order chi connectivity index (χ0) is 14.5. The fraction of sp³-hybridized carbons (Fsp3) is 0.333. The van der Waals surface area contributed by atoms with Gasteiger partial charge in [-0.2, -0.15) is 0 Å². The number of rotatable bonds is 6. The minimum Gasteiger partial charge on any atom is -0.497 e. The van der Waals surface area contributed by atoms with E-state index >= 15 is 0 Å². The maximum Gasteiger partial charge on any atom is 0.132 e. The van der Waals surface area contributed by atoms with Gasteiger partial charge in [0.2, 0.25) is 0 Å². The Morgan fingerprint density at radius 1 is 1.40 bits per heavy atom. The van der Waals surface area contributed by atoms with Crippen molar-refractivity contribution in [2.75, 3.05) is 13.7 Å². The largest absolute Gasteiger partial charge is 0.497 e. The Morgan fingerprint density at radius 2 is 2.20 bits per heavy atom. The van der Waals surface area contributed by atoms with Crippen LogP contribution in [0.2, 0.25) is 0 Å². The van der Waals surface area contributed by atoms with Crippen molar-refractivity contribution in [3.8, 4) is 5.75 Å². The van der Waals surface area contributed by atoms with E-state index in [1.54, 1.807) is 23.5 Å². The summed E-state index contributed by atoms with van der Waals surface area (Å²) < 4.78 is 20.4. The fourth-order valence-electron chi connectivity index (χ4n) is 2.04. The summed E-state index contributed by atoms with van der Waals surface area (Å²) in [5.41, 5.74) is 1.71. The molecule has 1 aromatic heterocycles. The molecule has 2 rings (SSSR count). The first-order valence-corrected chi connectivity index (χ1v) is 8.13. The highest BCUT2D eigenvalue weighted by molar-refractivity contribution is 9.11. The van der Waals surface area contributed by atoms with Crippen LogP contribution < -0.4 is 10.1 Å². The van der Waals surface area contributed by atoms with Crippen LogP contribution in [0.4, 0.5) is 4.39 Å². The molecule has 0 saturated carbocycles. The number of methoxy groups -OCH3 is 1. The summed E-state index contributed by atoms with van der Waals surface area (Å²) in [6, 6.07) is 6.90. The van der Waals surface area contributed by atoms with E-state index < -0.39 is 0 Å². The van der Waals surface area contributed by atoms with E-state index in [0.717, 1.165) is 22.3 Å². The third-order valence-electron chi connectivity index (χ3n) is 3.04. The molecule has 2 nitrogen and oxygen atoms in total. The van der Waals surface area contributed by atoms with E-state index in [0.29, 0.717) is 11.3 Å². The lowest BCUT2D eigenvalue weighted by Gasteiger charge is -2.19. The Bertz CT molecular complexity index is 573. The maximum absolute atomic E-state index is 14.3. The van der Waals surface area contributed by atoms with Gasteiger partial charge >= 0.3 is 0 Å². The number of halogens is 2. The van der Waals surface area contributed by atoms with Gasteiger partial charge in [0.25, 0.3) is 0 Å². The minimum absolute atomic E-state index is 0.136. The molecule has 1 heterocycles. The van der Waals surface area contributed by atoms with Gasteiger partial charge in [0.1, 0.15) is 11.6 Å². The standard InChI is InChI=1S/C15H17BrFNOS/c1-3-6-18-15(10-7-14(16)20-9-10)12-5-4-11(19-2)8-13(12)17/h4-5,7-9,15,18H,3,6H2,1-2H3. The number of hydrogen-bond acceptors (Lipinski definition) is 3. The number of hydrogen-bond donors (Lipinski definition) is 1. The summed E-state index contributed by atoms with van der Waals surface area (Å²) in [6.45, 7) is 2.93. The van der Waals surface area contributed by atoms with Crippen molar-refractivity contribution >= 4 is 27.3 Å². The molecule has 1 atom stereocenters. The summed E-state index contributed by atoms with van der Waals surface area (Å²) in [6.07, 6.45) is 1.000. The van der Waals surface area contributed by atoms with Crippen LogP contribution in [0.25, 0.3) is 0 Å². The summed E-state index contributed by atoms with van der Waals surface area (Å²) >= 11 is 5.06. The summed E-state index contributed by atoms with van der Waals surface area (Å²) in [7, 11) is 1.54. The Kier molecular flexibility index (Phi) is 5.57. The Morgan fingerprint density at radius 3 is 2.75 bits per heavy atom. The average Bonchev–Trinajstić information content (AvgIpc) is 2.87. The Labute approximate surface area is 131 Å². The molecular formula is C15H17BrFNOS. The first-order valence-electron chi connectivity index (χ1n) is 6.46. The minimum atomic E-state index is -0.250. The number of benzene rings is 1. The molecule has 20 heavy (non-hydrogen) atoms. The summed E-state index contributed by atoms with van der Waals surface area (Å²) in [5.74, 6) is 0.285. The van der Waals surface area contributed by atoms with Gasteiger partial charge in [-0.1, -0.05) is 13.0 Å². The van der Waals surface area contributed by atoms with Gasteiger partial charge in [0.15, 0.2) is 0 Å². The molecule has 0 saturated heterocycles. The first kappa shape index (κ1) is 15.5. The van der Waals surface area contributed by atoms with E-state index in [-0.39, 0.29) is 11.9 Å². The number of nitrogens with one attached hydrogen (secondary N) is 1. The maximum atomic E-state index is 14.3. The van der Waals surface area contributed by atoms with Gasteiger partial charge < -0.3 is 10.1 Å². The predicted octanol–water partition coefficient (Wildman–Crippen LogP) is 4.75. The number of thiophene rings is 1. The van der Waals surface area contributed by atoms with Gasteiger partial charge in [-0.15, -0.1) is 11.3 Å². The van der Waals surface area contributed by atoms with Crippen molar-refractivity contribution in [3.05, 3.63) is 50.4 Å². The van der Waals surface area contributed by atoms with Crippen LogP contribution in [0.15, 0.2) is 33.4 Å². The average molecular weight is 358 g/mol. The van der Waals surface area contributed by atoms with E-state index in [1.165, 1.54) is 13.2 Å². The normalized spacial score (nSPS) is 12.4. The van der Waals surface area contributed by atoms with Crippen molar-refractivity contribution in [1.29, 1.82) is 0 Å². The highest BCUT2D eigenvalue weighted by Gasteiger charge is 2.19. The van der Waals surface area contributed by atoms with E-state index in [9.17, 15) is 4.39 Å². The fourth-order valence-corrected chi connectivity index (χ4v) is 3.24. The zero-order valence-electron chi connectivity index (χ0n) is 11.5. The quantitative estimate of drug-likeness (QED) is 0.805. The summed E-state index contributed by atoms with van der Waals surface area (Å²) in [5, 5.41) is 5.44. The second kappa shape index (κ2) is 7.20. The van der Waals surface area contributed by atoms with Gasteiger partial charge in [0.05, 0.1) is 16.9 Å². The second-order valence-corrected chi connectivity index (χ2v) is 6.75. The molecule has 0 radical (unpaired) electrons. The SMILES string of the molecule is CCCNC(c1csc(Br)c1)c1ccc(OC)cc1F. The lowest BCUT2D eigenvalue weighted by atomic mass is 10.0. The van der Waals surface area contributed by atoms with E-state index in [4.69, 9.17) is 4.74 Å². The van der Waals surface area contributed by atoms with Gasteiger partial charge in [-0.05, 0) is 52.0 Å². The molecular weight excluding hydrogens is 341 g/mol. The lowest BCUT2D eigenvalue weighted by molar-refractivity contribution is 0.410. The Balaban J connectivity index is 2.35. The van der Waals surface area contributed by atoms with E-state index in [2.05, 4.69) is 28.2 Å². The van der Waals surface area contributed by atoms with Crippen LogP contribution in [0.3, 0.4) is 0 Å². The molecule has 1 unspecified atom stereocenters. The molecule has 1 aromatic carbocycles. The third-order valence-corrected chi connectivity index (χ3v) is 4.56. The highest BCUT2D eigenvalue weighted by Crippen LogP contribution is 2.31. The first-order chi connectivity index (χ1) is 9.65. The van der Waals surface area contributed by atoms with Crippen LogP contribution in [0, 0.1) is 5.82 Å². The molecule has 0 aliphatic heterocycles. The number of ether oxygens (including phenoxy) is 1. The Hall–Kier alpha value is -0.910. The van der Waals surface area contributed by atoms with Gasteiger partial charge in [-0.3, -0.25) is 0 Å². The topological polar surface area (TPSA) is 21.3 Å². The van der Waals surface area contributed by atoms with E-state index in [1.807, 2.05) is 11.4 Å². The van der Waals surface area contributed by atoms with Crippen LogP contribution >= 0.6 is 27.3 Å². The zero-order valence-corrected chi connectivity index (χ0v) is 13.9. The molecule has 0 aliphatic rings. The van der Waals surface area contributed by atoms with Crippen molar-refractivity contribution in [3.63, 3.8) is 0 Å². The summed E-state index contributed by atoms with van der Waals surface area (Å²) in [4.78, 5) is 0. The van der Waals surface area contributed by atoms with Crippen molar-refractivity contribution < 1.29 is 9.13 Å². The molecule has 0 bridgehead atoms. The predicted molar refractivity (Wildman–Crippen MR) is 85.1 cm³/mol. The molecule has 0 fully saturated rings. The molecule has 0 amide bonds. The molecule has 1 N–H and O–H groups in total.